The number of ether oxygens (including phenoxy) is 1. The van der Waals surface area contributed by atoms with Gasteiger partial charge in [-0.25, -0.2) is 0 Å². The number of aliphatic hydroxyl groups excluding tert-OH is 2. The van der Waals surface area contributed by atoms with E-state index >= 15 is 0 Å². The summed E-state index contributed by atoms with van der Waals surface area (Å²) in [6.07, 6.45) is 79.2. The number of hydrogen-bond donors (Lipinski definition) is 3. The van der Waals surface area contributed by atoms with Gasteiger partial charge in [0, 0.05) is 12.8 Å². The van der Waals surface area contributed by atoms with Gasteiger partial charge in [0.05, 0.1) is 25.4 Å². The molecule has 6 heteroatoms. The lowest BCUT2D eigenvalue weighted by atomic mass is 10.0. The number of rotatable bonds is 63. The Morgan fingerprint density at radius 3 is 1.05 bits per heavy atom. The molecular weight excluding hydrogens is 911 g/mol. The fourth-order valence-corrected chi connectivity index (χ4v) is 10.6. The van der Waals surface area contributed by atoms with Crippen LogP contribution >= 0.6 is 0 Å². The van der Waals surface area contributed by atoms with E-state index < -0.39 is 12.1 Å². The number of esters is 1. The summed E-state index contributed by atoms with van der Waals surface area (Å²) in [5.74, 6) is -0.0220. The smallest absolute Gasteiger partial charge is 0.305 e. The summed E-state index contributed by atoms with van der Waals surface area (Å²) in [6, 6.07) is -0.542. The second kappa shape index (κ2) is 63.9. The third-order valence-electron chi connectivity index (χ3n) is 15.8. The number of amides is 1. The zero-order valence-electron chi connectivity index (χ0n) is 50.1. The first-order chi connectivity index (χ1) is 36.5. The molecule has 0 saturated carbocycles. The van der Waals surface area contributed by atoms with Crippen molar-refractivity contribution in [3.63, 3.8) is 0 Å². The molecule has 2 atom stereocenters. The van der Waals surface area contributed by atoms with Crippen molar-refractivity contribution in [1.82, 2.24) is 5.32 Å². The highest BCUT2D eigenvalue weighted by Crippen LogP contribution is 2.19. The Hall–Kier alpha value is -1.66. The van der Waals surface area contributed by atoms with Crippen molar-refractivity contribution in [1.29, 1.82) is 0 Å². The summed E-state index contributed by atoms with van der Waals surface area (Å²) in [7, 11) is 0. The van der Waals surface area contributed by atoms with Gasteiger partial charge in [0.1, 0.15) is 0 Å². The van der Waals surface area contributed by atoms with E-state index in [9.17, 15) is 19.8 Å². The number of nitrogens with one attached hydrogen (secondary N) is 1. The maximum atomic E-state index is 12.5. The van der Waals surface area contributed by atoms with E-state index in [2.05, 4.69) is 43.5 Å². The molecule has 0 heterocycles. The molecule has 0 aromatic carbocycles. The Balaban J connectivity index is 3.36. The first-order valence-corrected chi connectivity index (χ1v) is 33.6. The molecule has 0 spiro atoms. The molecule has 0 rings (SSSR count). The SMILES string of the molecule is CCCCC/C=C\C/C=C\CCCCCCCCCCCC(=O)OCCCCCCCCCCCCCCCCCCCCCCCCC(=O)NC(CO)C(O)CCCCCCCCCCCCCCCCCC. The summed E-state index contributed by atoms with van der Waals surface area (Å²) in [6.45, 7) is 4.96. The van der Waals surface area contributed by atoms with Crippen molar-refractivity contribution in [3.8, 4) is 0 Å². The average Bonchev–Trinajstić information content (AvgIpc) is 3.40. The minimum atomic E-state index is -0.664. The molecule has 438 valence electrons. The summed E-state index contributed by atoms with van der Waals surface area (Å²) in [5.41, 5.74) is 0. The second-order valence-electron chi connectivity index (χ2n) is 23.2. The van der Waals surface area contributed by atoms with E-state index in [1.165, 1.54) is 289 Å². The van der Waals surface area contributed by atoms with Gasteiger partial charge in [-0.3, -0.25) is 9.59 Å². The van der Waals surface area contributed by atoms with Crippen LogP contribution in [0.5, 0.6) is 0 Å². The maximum absolute atomic E-state index is 12.5. The molecule has 3 N–H and O–H groups in total. The van der Waals surface area contributed by atoms with Crippen molar-refractivity contribution >= 4 is 11.9 Å². The summed E-state index contributed by atoms with van der Waals surface area (Å²) in [5, 5.41) is 23.3. The normalized spacial score (nSPS) is 12.6. The lowest BCUT2D eigenvalue weighted by molar-refractivity contribution is -0.143. The van der Waals surface area contributed by atoms with Crippen LogP contribution in [0.4, 0.5) is 0 Å². The van der Waals surface area contributed by atoms with Gasteiger partial charge in [0.25, 0.3) is 0 Å². The van der Waals surface area contributed by atoms with Crippen molar-refractivity contribution in [2.24, 2.45) is 0 Å². The number of aliphatic hydroxyl groups is 2. The fraction of sp³-hybridized carbons (Fsp3) is 0.912. The van der Waals surface area contributed by atoms with Crippen molar-refractivity contribution in [2.45, 2.75) is 386 Å². The van der Waals surface area contributed by atoms with Crippen LogP contribution in [-0.2, 0) is 14.3 Å². The van der Waals surface area contributed by atoms with Gasteiger partial charge in [0.15, 0.2) is 0 Å². The van der Waals surface area contributed by atoms with Gasteiger partial charge in [-0.15, -0.1) is 0 Å². The van der Waals surface area contributed by atoms with E-state index in [-0.39, 0.29) is 18.5 Å². The minimum Gasteiger partial charge on any atom is -0.466 e. The Bertz CT molecular complexity index is 1150. The van der Waals surface area contributed by atoms with E-state index in [0.717, 1.165) is 51.4 Å². The highest BCUT2D eigenvalue weighted by atomic mass is 16.5. The van der Waals surface area contributed by atoms with E-state index in [1.807, 2.05) is 0 Å². The van der Waals surface area contributed by atoms with E-state index in [1.54, 1.807) is 0 Å². The number of carbonyl (C=O) groups excluding carboxylic acids is 2. The highest BCUT2D eigenvalue weighted by Gasteiger charge is 2.20. The van der Waals surface area contributed by atoms with Crippen LogP contribution in [0.2, 0.25) is 0 Å². The molecule has 0 aliphatic carbocycles. The summed E-state index contributed by atoms with van der Waals surface area (Å²) in [4.78, 5) is 24.6. The highest BCUT2D eigenvalue weighted by molar-refractivity contribution is 5.76. The largest absolute Gasteiger partial charge is 0.466 e. The molecule has 2 unspecified atom stereocenters. The van der Waals surface area contributed by atoms with Gasteiger partial charge in [-0.1, -0.05) is 327 Å². The Labute approximate surface area is 462 Å². The molecule has 6 nitrogen and oxygen atoms in total. The Morgan fingerprint density at radius 1 is 0.378 bits per heavy atom. The lowest BCUT2D eigenvalue weighted by Crippen LogP contribution is -2.45. The number of unbranched alkanes of at least 4 members (excludes halogenated alkanes) is 48. The molecule has 74 heavy (non-hydrogen) atoms. The third kappa shape index (κ3) is 59.6. The topological polar surface area (TPSA) is 95.9 Å². The zero-order chi connectivity index (χ0) is 53.6. The molecule has 0 radical (unpaired) electrons. The van der Waals surface area contributed by atoms with Crippen LogP contribution in [0.25, 0.3) is 0 Å². The monoisotopic (exact) mass is 1040 g/mol. The quantitative estimate of drug-likeness (QED) is 0.0320. The fourth-order valence-electron chi connectivity index (χ4n) is 10.6. The van der Waals surface area contributed by atoms with Crippen LogP contribution in [-0.4, -0.2) is 47.4 Å². The van der Waals surface area contributed by atoms with E-state index in [4.69, 9.17) is 4.74 Å². The third-order valence-corrected chi connectivity index (χ3v) is 15.8. The van der Waals surface area contributed by atoms with Crippen LogP contribution in [0, 0.1) is 0 Å². The second-order valence-corrected chi connectivity index (χ2v) is 23.2. The number of hydrogen-bond acceptors (Lipinski definition) is 5. The number of carbonyl (C=O) groups is 2. The molecule has 0 aromatic rings. The van der Waals surface area contributed by atoms with Gasteiger partial charge in [0.2, 0.25) is 5.91 Å². The first-order valence-electron chi connectivity index (χ1n) is 33.6. The van der Waals surface area contributed by atoms with Crippen LogP contribution in [0.15, 0.2) is 24.3 Å². The van der Waals surface area contributed by atoms with Gasteiger partial charge >= 0.3 is 5.97 Å². The van der Waals surface area contributed by atoms with Crippen LogP contribution in [0.1, 0.15) is 373 Å². The Kier molecular flexibility index (Phi) is 62.4. The van der Waals surface area contributed by atoms with E-state index in [0.29, 0.717) is 25.9 Å². The summed E-state index contributed by atoms with van der Waals surface area (Å²) >= 11 is 0. The molecule has 0 aliphatic rings. The predicted octanol–water partition coefficient (Wildman–Crippen LogP) is 21.4. The molecule has 1 amide bonds. The van der Waals surface area contributed by atoms with Crippen LogP contribution in [0.3, 0.4) is 0 Å². The van der Waals surface area contributed by atoms with Crippen LogP contribution < -0.4 is 5.32 Å². The standard InChI is InChI=1S/C68H131NO5/c1-3-5-7-9-11-13-15-17-19-21-26-30-34-38-42-46-50-54-58-62-68(73)74-63-59-55-51-47-43-39-35-31-28-25-23-22-24-27-29-33-37-41-45-49-53-57-61-67(72)69-65(64-70)66(71)60-56-52-48-44-40-36-32-20-18-16-14-12-10-8-6-4-2/h11,13,17,19,65-66,70-71H,3-10,12,14-16,18,20-64H2,1-2H3,(H,69,72)/b13-11-,19-17-. The molecule has 0 aliphatic heterocycles. The maximum Gasteiger partial charge on any atom is 0.305 e. The molecule has 0 fully saturated rings. The van der Waals surface area contributed by atoms with Gasteiger partial charge in [-0.2, -0.15) is 0 Å². The summed E-state index contributed by atoms with van der Waals surface area (Å²) < 4.78 is 5.50. The predicted molar refractivity (Wildman–Crippen MR) is 324 cm³/mol. The Morgan fingerprint density at radius 2 is 0.676 bits per heavy atom. The molecule has 0 saturated heterocycles. The first kappa shape index (κ1) is 72.3. The van der Waals surface area contributed by atoms with Gasteiger partial charge in [-0.05, 0) is 57.8 Å². The zero-order valence-corrected chi connectivity index (χ0v) is 50.1. The van der Waals surface area contributed by atoms with Crippen molar-refractivity contribution in [2.75, 3.05) is 13.2 Å². The molecule has 0 aromatic heterocycles. The van der Waals surface area contributed by atoms with Crippen molar-refractivity contribution < 1.29 is 24.5 Å². The average molecular weight is 1040 g/mol. The molecule has 0 bridgehead atoms. The lowest BCUT2D eigenvalue weighted by Gasteiger charge is -2.22. The molecular formula is C68H131NO5. The van der Waals surface area contributed by atoms with Crippen molar-refractivity contribution in [3.05, 3.63) is 24.3 Å². The van der Waals surface area contributed by atoms with Gasteiger partial charge < -0.3 is 20.3 Å². The number of allylic oxidation sites excluding steroid dienone is 4. The minimum absolute atomic E-state index is 0.0103.